The lowest BCUT2D eigenvalue weighted by Gasteiger charge is -2.15. The van der Waals surface area contributed by atoms with Crippen LogP contribution in [0, 0.1) is 16.2 Å². The number of nitrogens with two attached hydrogens (primary N) is 1. The summed E-state index contributed by atoms with van der Waals surface area (Å²) in [6.45, 7) is 6.46. The second kappa shape index (κ2) is 1.74. The number of nitrogens with one attached hydrogen (secondary N) is 1. The van der Waals surface area contributed by atoms with E-state index in [1.54, 1.807) is 0 Å². The van der Waals surface area contributed by atoms with Crippen molar-refractivity contribution >= 4 is 5.84 Å². The van der Waals surface area contributed by atoms with Crippen LogP contribution >= 0.6 is 0 Å². The summed E-state index contributed by atoms with van der Waals surface area (Å²) in [5.74, 6) is 0.375. The van der Waals surface area contributed by atoms with Gasteiger partial charge in [-0.05, 0) is 18.3 Å². The fourth-order valence-corrected chi connectivity index (χ4v) is 1.96. The molecule has 0 saturated heterocycles. The SMILES string of the molecule is CCC1(C(=N)N)CC1(C)C. The second-order valence-electron chi connectivity index (χ2n) is 3.91. The van der Waals surface area contributed by atoms with Gasteiger partial charge in [0.1, 0.15) is 0 Å². The first-order valence-corrected chi connectivity index (χ1v) is 3.81. The molecule has 0 aliphatic heterocycles. The second-order valence-corrected chi connectivity index (χ2v) is 3.91. The van der Waals surface area contributed by atoms with Crippen LogP contribution in [0.3, 0.4) is 0 Å². The predicted molar refractivity (Wildman–Crippen MR) is 43.0 cm³/mol. The molecular weight excluding hydrogens is 124 g/mol. The molecule has 0 bridgehead atoms. The molecule has 0 aromatic carbocycles. The maximum absolute atomic E-state index is 7.39. The van der Waals surface area contributed by atoms with Crippen LogP contribution in [0.25, 0.3) is 0 Å². The van der Waals surface area contributed by atoms with Gasteiger partial charge in [0, 0.05) is 5.41 Å². The van der Waals surface area contributed by atoms with E-state index in [9.17, 15) is 0 Å². The molecule has 0 heterocycles. The Morgan fingerprint density at radius 2 is 2.00 bits per heavy atom. The first kappa shape index (κ1) is 7.58. The summed E-state index contributed by atoms with van der Waals surface area (Å²) < 4.78 is 0. The molecule has 2 heteroatoms. The van der Waals surface area contributed by atoms with E-state index in [0.717, 1.165) is 12.8 Å². The first-order chi connectivity index (χ1) is 4.46. The van der Waals surface area contributed by atoms with E-state index in [4.69, 9.17) is 11.1 Å². The predicted octanol–water partition coefficient (Wildman–Crippen LogP) is 1.75. The lowest BCUT2D eigenvalue weighted by molar-refractivity contribution is 0.475. The molecule has 3 N–H and O–H groups in total. The van der Waals surface area contributed by atoms with Crippen molar-refractivity contribution in [2.45, 2.75) is 33.6 Å². The molecule has 0 radical (unpaired) electrons. The molecule has 0 aromatic heterocycles. The van der Waals surface area contributed by atoms with Crippen molar-refractivity contribution in [1.29, 1.82) is 5.41 Å². The molecule has 0 amide bonds. The first-order valence-electron chi connectivity index (χ1n) is 3.81. The summed E-state index contributed by atoms with van der Waals surface area (Å²) >= 11 is 0. The third kappa shape index (κ3) is 0.678. The zero-order valence-electron chi connectivity index (χ0n) is 6.99. The average molecular weight is 140 g/mol. The Morgan fingerprint density at radius 3 is 2.00 bits per heavy atom. The van der Waals surface area contributed by atoms with Gasteiger partial charge in [0.05, 0.1) is 5.84 Å². The maximum atomic E-state index is 7.39. The van der Waals surface area contributed by atoms with Crippen molar-refractivity contribution in [1.82, 2.24) is 0 Å². The van der Waals surface area contributed by atoms with E-state index in [2.05, 4.69) is 20.8 Å². The molecule has 2 nitrogen and oxygen atoms in total. The lowest BCUT2D eigenvalue weighted by atomic mass is 9.92. The van der Waals surface area contributed by atoms with Crippen LogP contribution in [0.15, 0.2) is 0 Å². The van der Waals surface area contributed by atoms with Gasteiger partial charge in [-0.25, -0.2) is 0 Å². The molecule has 10 heavy (non-hydrogen) atoms. The molecule has 1 aliphatic carbocycles. The third-order valence-electron chi connectivity index (χ3n) is 3.03. The monoisotopic (exact) mass is 140 g/mol. The molecule has 1 rings (SSSR count). The van der Waals surface area contributed by atoms with Crippen molar-refractivity contribution in [3.63, 3.8) is 0 Å². The maximum Gasteiger partial charge on any atom is 0.0974 e. The van der Waals surface area contributed by atoms with Gasteiger partial charge >= 0.3 is 0 Å². The minimum absolute atomic E-state index is 0.0486. The van der Waals surface area contributed by atoms with Gasteiger partial charge in [0.2, 0.25) is 0 Å². The largest absolute Gasteiger partial charge is 0.387 e. The topological polar surface area (TPSA) is 49.9 Å². The molecule has 1 atom stereocenters. The van der Waals surface area contributed by atoms with E-state index in [-0.39, 0.29) is 10.8 Å². The highest BCUT2D eigenvalue weighted by Gasteiger charge is 2.61. The van der Waals surface area contributed by atoms with Crippen molar-refractivity contribution in [2.75, 3.05) is 0 Å². The summed E-state index contributed by atoms with van der Waals surface area (Å²) in [5, 5.41) is 7.39. The Balaban J connectivity index is 2.78. The van der Waals surface area contributed by atoms with Gasteiger partial charge in [0.25, 0.3) is 0 Å². The third-order valence-corrected chi connectivity index (χ3v) is 3.03. The Labute approximate surface area is 62.3 Å². The van der Waals surface area contributed by atoms with Crippen molar-refractivity contribution < 1.29 is 0 Å². The molecule has 0 aromatic rings. The van der Waals surface area contributed by atoms with Crippen LogP contribution in [-0.2, 0) is 0 Å². The smallest absolute Gasteiger partial charge is 0.0974 e. The highest BCUT2D eigenvalue weighted by molar-refractivity contribution is 5.87. The summed E-state index contributed by atoms with van der Waals surface area (Å²) in [5.41, 5.74) is 5.84. The quantitative estimate of drug-likeness (QED) is 0.445. The number of hydrogen-bond donors (Lipinski definition) is 2. The summed E-state index contributed by atoms with van der Waals surface area (Å²) in [4.78, 5) is 0. The van der Waals surface area contributed by atoms with Crippen LogP contribution in [0.2, 0.25) is 0 Å². The van der Waals surface area contributed by atoms with Gasteiger partial charge in [-0.1, -0.05) is 20.8 Å². The zero-order valence-corrected chi connectivity index (χ0v) is 6.99. The Morgan fingerprint density at radius 1 is 1.60 bits per heavy atom. The highest BCUT2D eigenvalue weighted by Crippen LogP contribution is 2.65. The number of hydrogen-bond acceptors (Lipinski definition) is 1. The van der Waals surface area contributed by atoms with E-state index < -0.39 is 0 Å². The van der Waals surface area contributed by atoms with Crippen molar-refractivity contribution in [2.24, 2.45) is 16.6 Å². The Kier molecular flexibility index (Phi) is 1.32. The zero-order chi connectivity index (χ0) is 7.99. The minimum atomic E-state index is 0.0486. The number of amidine groups is 1. The van der Waals surface area contributed by atoms with Crippen LogP contribution in [-0.4, -0.2) is 5.84 Å². The van der Waals surface area contributed by atoms with Crippen LogP contribution < -0.4 is 5.73 Å². The molecule has 1 aliphatic rings. The number of rotatable bonds is 2. The van der Waals surface area contributed by atoms with Crippen molar-refractivity contribution in [3.05, 3.63) is 0 Å². The summed E-state index contributed by atoms with van der Waals surface area (Å²) in [7, 11) is 0. The molecule has 0 spiro atoms. The molecule has 1 unspecified atom stereocenters. The fraction of sp³-hybridized carbons (Fsp3) is 0.875. The Bertz CT molecular complexity index is 172. The fourth-order valence-electron chi connectivity index (χ4n) is 1.96. The van der Waals surface area contributed by atoms with Crippen LogP contribution in [0.1, 0.15) is 33.6 Å². The molecular formula is C8H16N2. The summed E-state index contributed by atoms with van der Waals surface area (Å²) in [6.07, 6.45) is 2.10. The highest BCUT2D eigenvalue weighted by atomic mass is 14.8. The van der Waals surface area contributed by atoms with Gasteiger partial charge in [-0.15, -0.1) is 0 Å². The van der Waals surface area contributed by atoms with Gasteiger partial charge in [-0.2, -0.15) is 0 Å². The van der Waals surface area contributed by atoms with E-state index in [0.29, 0.717) is 5.84 Å². The summed E-state index contributed by atoms with van der Waals surface area (Å²) in [6, 6.07) is 0. The minimum Gasteiger partial charge on any atom is -0.387 e. The van der Waals surface area contributed by atoms with E-state index in [1.807, 2.05) is 0 Å². The molecule has 1 saturated carbocycles. The normalized spacial score (nSPS) is 35.5. The van der Waals surface area contributed by atoms with Gasteiger partial charge in [-0.3, -0.25) is 5.41 Å². The van der Waals surface area contributed by atoms with Gasteiger partial charge < -0.3 is 5.73 Å². The standard InChI is InChI=1S/C8H16N2/c1-4-8(6(9)10)5-7(8,2)3/h4-5H2,1-3H3,(H3,9,10). The molecule has 1 fully saturated rings. The van der Waals surface area contributed by atoms with Crippen LogP contribution in [0.5, 0.6) is 0 Å². The average Bonchev–Trinajstić information content (AvgIpc) is 2.35. The van der Waals surface area contributed by atoms with Gasteiger partial charge in [0.15, 0.2) is 0 Å². The Hall–Kier alpha value is -0.530. The van der Waals surface area contributed by atoms with Crippen molar-refractivity contribution in [3.8, 4) is 0 Å². The lowest BCUT2D eigenvalue weighted by Crippen LogP contribution is -2.27. The van der Waals surface area contributed by atoms with Crippen LogP contribution in [0.4, 0.5) is 0 Å². The molecule has 58 valence electrons. The van der Waals surface area contributed by atoms with E-state index >= 15 is 0 Å². The van der Waals surface area contributed by atoms with E-state index in [1.165, 1.54) is 0 Å².